The standard InChI is InChI=1S/C11H22N2OS/c1-4-5-6-12-11(15)13-7-10(3)14-8-9(13)2/h9-10H,4-8H2,1-3H3,(H,12,15). The van der Waals surface area contributed by atoms with Gasteiger partial charge in [0.15, 0.2) is 5.11 Å². The number of hydrogen-bond acceptors (Lipinski definition) is 2. The molecule has 0 spiro atoms. The molecule has 1 saturated heterocycles. The first-order valence-electron chi connectivity index (χ1n) is 5.81. The molecular formula is C11H22N2OS. The SMILES string of the molecule is CCCCNC(=S)N1CC(C)OCC1C. The van der Waals surface area contributed by atoms with Crippen molar-refractivity contribution in [2.75, 3.05) is 19.7 Å². The Labute approximate surface area is 98.2 Å². The van der Waals surface area contributed by atoms with Gasteiger partial charge in [-0.15, -0.1) is 0 Å². The van der Waals surface area contributed by atoms with Gasteiger partial charge in [0.25, 0.3) is 0 Å². The third kappa shape index (κ3) is 3.95. The fourth-order valence-corrected chi connectivity index (χ4v) is 2.02. The van der Waals surface area contributed by atoms with E-state index in [9.17, 15) is 0 Å². The van der Waals surface area contributed by atoms with Crippen LogP contribution >= 0.6 is 12.2 Å². The van der Waals surface area contributed by atoms with Gasteiger partial charge in [-0.2, -0.15) is 0 Å². The molecule has 2 unspecified atom stereocenters. The molecule has 3 nitrogen and oxygen atoms in total. The third-order valence-corrected chi connectivity index (χ3v) is 3.05. The summed E-state index contributed by atoms with van der Waals surface area (Å²) >= 11 is 5.38. The van der Waals surface area contributed by atoms with E-state index in [1.165, 1.54) is 12.8 Å². The van der Waals surface area contributed by atoms with Crippen LogP contribution in [-0.4, -0.2) is 41.9 Å². The molecule has 1 aliphatic heterocycles. The summed E-state index contributed by atoms with van der Waals surface area (Å²) in [7, 11) is 0. The maximum Gasteiger partial charge on any atom is 0.169 e. The first kappa shape index (κ1) is 12.7. The number of hydrogen-bond donors (Lipinski definition) is 1. The molecule has 1 fully saturated rings. The van der Waals surface area contributed by atoms with Crippen LogP contribution in [0.4, 0.5) is 0 Å². The second kappa shape index (κ2) is 6.28. The molecule has 1 rings (SSSR count). The van der Waals surface area contributed by atoms with E-state index in [-0.39, 0.29) is 6.10 Å². The smallest absolute Gasteiger partial charge is 0.169 e. The van der Waals surface area contributed by atoms with Gasteiger partial charge in [-0.05, 0) is 32.5 Å². The Balaban J connectivity index is 2.35. The summed E-state index contributed by atoms with van der Waals surface area (Å²) in [6.45, 7) is 9.08. The van der Waals surface area contributed by atoms with Crippen molar-refractivity contribution in [3.8, 4) is 0 Å². The Morgan fingerprint density at radius 1 is 1.53 bits per heavy atom. The molecule has 0 aromatic carbocycles. The van der Waals surface area contributed by atoms with E-state index in [0.717, 1.165) is 24.8 Å². The van der Waals surface area contributed by atoms with E-state index >= 15 is 0 Å². The van der Waals surface area contributed by atoms with Gasteiger partial charge in [-0.25, -0.2) is 0 Å². The number of nitrogens with one attached hydrogen (secondary N) is 1. The molecule has 0 bridgehead atoms. The minimum Gasteiger partial charge on any atom is -0.375 e. The van der Waals surface area contributed by atoms with Gasteiger partial charge in [0.2, 0.25) is 0 Å². The topological polar surface area (TPSA) is 24.5 Å². The van der Waals surface area contributed by atoms with Gasteiger partial charge in [0.1, 0.15) is 0 Å². The van der Waals surface area contributed by atoms with Crippen LogP contribution in [0.25, 0.3) is 0 Å². The van der Waals surface area contributed by atoms with Crippen LogP contribution in [-0.2, 0) is 4.74 Å². The normalized spacial score (nSPS) is 26.5. The number of unbranched alkanes of at least 4 members (excludes halogenated alkanes) is 1. The Morgan fingerprint density at radius 3 is 2.93 bits per heavy atom. The van der Waals surface area contributed by atoms with Crippen LogP contribution in [0.2, 0.25) is 0 Å². The summed E-state index contributed by atoms with van der Waals surface area (Å²) in [4.78, 5) is 2.24. The maximum atomic E-state index is 5.57. The second-order valence-electron chi connectivity index (χ2n) is 4.23. The quantitative estimate of drug-likeness (QED) is 0.590. The highest BCUT2D eigenvalue weighted by molar-refractivity contribution is 7.80. The zero-order valence-corrected chi connectivity index (χ0v) is 10.8. The van der Waals surface area contributed by atoms with E-state index in [1.54, 1.807) is 0 Å². The first-order valence-corrected chi connectivity index (χ1v) is 6.22. The molecule has 2 atom stereocenters. The molecular weight excluding hydrogens is 208 g/mol. The number of rotatable bonds is 3. The molecule has 0 aromatic rings. The predicted molar refractivity (Wildman–Crippen MR) is 67.1 cm³/mol. The highest BCUT2D eigenvalue weighted by atomic mass is 32.1. The van der Waals surface area contributed by atoms with Crippen molar-refractivity contribution in [3.63, 3.8) is 0 Å². The molecule has 1 aliphatic rings. The van der Waals surface area contributed by atoms with Crippen molar-refractivity contribution in [2.45, 2.75) is 45.8 Å². The van der Waals surface area contributed by atoms with Gasteiger partial charge in [0, 0.05) is 13.1 Å². The fraction of sp³-hybridized carbons (Fsp3) is 0.909. The van der Waals surface area contributed by atoms with E-state index < -0.39 is 0 Å². The molecule has 0 saturated carbocycles. The zero-order chi connectivity index (χ0) is 11.3. The highest BCUT2D eigenvalue weighted by Gasteiger charge is 2.24. The number of thiocarbonyl (C=S) groups is 1. The van der Waals surface area contributed by atoms with Crippen molar-refractivity contribution < 1.29 is 4.74 Å². The van der Waals surface area contributed by atoms with Crippen LogP contribution in [0.15, 0.2) is 0 Å². The van der Waals surface area contributed by atoms with Crippen molar-refractivity contribution in [2.24, 2.45) is 0 Å². The number of ether oxygens (including phenoxy) is 1. The molecule has 88 valence electrons. The highest BCUT2D eigenvalue weighted by Crippen LogP contribution is 2.11. The Hall–Kier alpha value is -0.350. The van der Waals surface area contributed by atoms with Crippen LogP contribution in [0, 0.1) is 0 Å². The van der Waals surface area contributed by atoms with Gasteiger partial charge in [0.05, 0.1) is 18.8 Å². The molecule has 1 N–H and O–H groups in total. The summed E-state index contributed by atoms with van der Waals surface area (Å²) in [6, 6.07) is 0.392. The Morgan fingerprint density at radius 2 is 2.27 bits per heavy atom. The lowest BCUT2D eigenvalue weighted by Gasteiger charge is -2.38. The summed E-state index contributed by atoms with van der Waals surface area (Å²) in [5.74, 6) is 0. The predicted octanol–water partition coefficient (Wildman–Crippen LogP) is 1.77. The first-order chi connectivity index (χ1) is 7.15. The monoisotopic (exact) mass is 230 g/mol. The largest absolute Gasteiger partial charge is 0.375 e. The average molecular weight is 230 g/mol. The van der Waals surface area contributed by atoms with Crippen LogP contribution in [0.1, 0.15) is 33.6 Å². The van der Waals surface area contributed by atoms with Crippen molar-refractivity contribution in [1.29, 1.82) is 0 Å². The van der Waals surface area contributed by atoms with E-state index in [1.807, 2.05) is 0 Å². The average Bonchev–Trinajstić information content (AvgIpc) is 2.22. The molecule has 0 aliphatic carbocycles. The second-order valence-corrected chi connectivity index (χ2v) is 4.62. The molecule has 0 amide bonds. The van der Waals surface area contributed by atoms with Crippen molar-refractivity contribution in [1.82, 2.24) is 10.2 Å². The van der Waals surface area contributed by atoms with Crippen LogP contribution < -0.4 is 5.32 Å². The van der Waals surface area contributed by atoms with Crippen LogP contribution in [0.5, 0.6) is 0 Å². The third-order valence-electron chi connectivity index (χ3n) is 2.68. The molecule has 15 heavy (non-hydrogen) atoms. The Bertz CT molecular complexity index is 211. The Kier molecular flexibility index (Phi) is 5.32. The summed E-state index contributed by atoms with van der Waals surface area (Å²) in [5, 5.41) is 4.19. The fourth-order valence-electron chi connectivity index (χ4n) is 1.66. The minimum absolute atomic E-state index is 0.284. The molecule has 1 heterocycles. The lowest BCUT2D eigenvalue weighted by atomic mass is 10.2. The van der Waals surface area contributed by atoms with Gasteiger partial charge in [-0.3, -0.25) is 0 Å². The number of nitrogens with zero attached hydrogens (tertiary/aromatic N) is 1. The number of morpholine rings is 1. The van der Waals surface area contributed by atoms with Crippen molar-refractivity contribution >= 4 is 17.3 Å². The maximum absolute atomic E-state index is 5.57. The van der Waals surface area contributed by atoms with Crippen molar-refractivity contribution in [3.05, 3.63) is 0 Å². The molecule has 0 aromatic heterocycles. The minimum atomic E-state index is 0.284. The lowest BCUT2D eigenvalue weighted by Crippen LogP contribution is -2.53. The van der Waals surface area contributed by atoms with E-state index in [4.69, 9.17) is 17.0 Å². The van der Waals surface area contributed by atoms with Gasteiger partial charge >= 0.3 is 0 Å². The summed E-state index contributed by atoms with van der Waals surface area (Å²) in [5.41, 5.74) is 0. The molecule has 4 heteroatoms. The van der Waals surface area contributed by atoms with Gasteiger partial charge < -0.3 is 15.0 Å². The van der Waals surface area contributed by atoms with E-state index in [2.05, 4.69) is 31.0 Å². The van der Waals surface area contributed by atoms with E-state index in [0.29, 0.717) is 6.04 Å². The zero-order valence-electron chi connectivity index (χ0n) is 9.95. The molecule has 0 radical (unpaired) electrons. The lowest BCUT2D eigenvalue weighted by molar-refractivity contribution is -0.0225. The summed E-state index contributed by atoms with van der Waals surface area (Å²) in [6.07, 6.45) is 2.66. The summed E-state index contributed by atoms with van der Waals surface area (Å²) < 4.78 is 5.57. The van der Waals surface area contributed by atoms with Crippen LogP contribution in [0.3, 0.4) is 0 Å². The van der Waals surface area contributed by atoms with Gasteiger partial charge in [-0.1, -0.05) is 13.3 Å².